The lowest BCUT2D eigenvalue weighted by molar-refractivity contribution is 0.101. The van der Waals surface area contributed by atoms with Gasteiger partial charge in [-0.05, 0) is 50.2 Å². The molecule has 1 atom stereocenters. The summed E-state index contributed by atoms with van der Waals surface area (Å²) in [5, 5.41) is 8.97. The lowest BCUT2D eigenvalue weighted by Crippen LogP contribution is -2.47. The van der Waals surface area contributed by atoms with Crippen molar-refractivity contribution in [2.24, 2.45) is 0 Å². The molecule has 0 aliphatic carbocycles. The fourth-order valence-electron chi connectivity index (χ4n) is 3.63. The molecular formula is C22H22ClFN4O2. The van der Waals surface area contributed by atoms with Crippen LogP contribution in [0.25, 0.3) is 11.5 Å². The molecule has 0 saturated carbocycles. The zero-order chi connectivity index (χ0) is 21.3. The van der Waals surface area contributed by atoms with E-state index in [-0.39, 0.29) is 17.6 Å². The van der Waals surface area contributed by atoms with Gasteiger partial charge in [0.05, 0.1) is 11.7 Å². The van der Waals surface area contributed by atoms with Crippen LogP contribution in [0.5, 0.6) is 0 Å². The number of benzene rings is 2. The van der Waals surface area contributed by atoms with Crippen molar-refractivity contribution in [2.75, 3.05) is 31.1 Å². The molecule has 1 aliphatic heterocycles. The number of ketones is 1. The van der Waals surface area contributed by atoms with Gasteiger partial charge >= 0.3 is 0 Å². The van der Waals surface area contributed by atoms with E-state index in [2.05, 4.69) is 15.1 Å². The summed E-state index contributed by atoms with van der Waals surface area (Å²) in [6.45, 7) is 6.23. The molecule has 1 aliphatic rings. The number of carbonyl (C=O) groups excluding carboxylic acids is 1. The second kappa shape index (κ2) is 8.53. The van der Waals surface area contributed by atoms with Crippen molar-refractivity contribution in [3.63, 3.8) is 0 Å². The second-order valence-electron chi connectivity index (χ2n) is 7.38. The van der Waals surface area contributed by atoms with E-state index in [0.717, 1.165) is 18.7 Å². The van der Waals surface area contributed by atoms with Gasteiger partial charge in [0.1, 0.15) is 5.82 Å². The summed E-state index contributed by atoms with van der Waals surface area (Å²) in [7, 11) is 0. The van der Waals surface area contributed by atoms with Crippen LogP contribution in [0.1, 0.15) is 36.1 Å². The Morgan fingerprint density at radius 1 is 1.13 bits per heavy atom. The van der Waals surface area contributed by atoms with Crippen molar-refractivity contribution in [2.45, 2.75) is 19.9 Å². The Balaban J connectivity index is 1.41. The quantitative estimate of drug-likeness (QED) is 0.553. The lowest BCUT2D eigenvalue weighted by atomic mass is 10.1. The molecular weight excluding hydrogens is 407 g/mol. The number of piperazine rings is 1. The molecule has 0 N–H and O–H groups in total. The standard InChI is InChI=1S/C22H22ClFN4O2/c1-14(21-25-26-22(30-21)17-4-3-5-18(23)12-17)27-8-10-28(11-9-27)20-7-6-16(15(2)29)13-19(20)24/h3-7,12-14H,8-11H2,1-2H3. The highest BCUT2D eigenvalue weighted by atomic mass is 35.5. The molecule has 8 heteroatoms. The first-order valence-electron chi connectivity index (χ1n) is 9.81. The van der Waals surface area contributed by atoms with Gasteiger partial charge < -0.3 is 9.32 Å². The summed E-state index contributed by atoms with van der Waals surface area (Å²) in [5.74, 6) is 0.462. The molecule has 1 aromatic heterocycles. The average Bonchev–Trinajstić information content (AvgIpc) is 3.23. The Hall–Kier alpha value is -2.77. The zero-order valence-electron chi connectivity index (χ0n) is 16.8. The highest BCUT2D eigenvalue weighted by Crippen LogP contribution is 2.28. The van der Waals surface area contributed by atoms with Crippen molar-refractivity contribution in [1.82, 2.24) is 15.1 Å². The average molecular weight is 429 g/mol. The number of aromatic nitrogens is 2. The molecule has 4 rings (SSSR count). The van der Waals surface area contributed by atoms with Crippen LogP contribution in [0.3, 0.4) is 0 Å². The molecule has 30 heavy (non-hydrogen) atoms. The number of carbonyl (C=O) groups is 1. The lowest BCUT2D eigenvalue weighted by Gasteiger charge is -2.38. The van der Waals surface area contributed by atoms with E-state index in [4.69, 9.17) is 16.0 Å². The molecule has 6 nitrogen and oxygen atoms in total. The summed E-state index contributed by atoms with van der Waals surface area (Å²) in [4.78, 5) is 15.7. The van der Waals surface area contributed by atoms with Crippen molar-refractivity contribution in [3.8, 4) is 11.5 Å². The Morgan fingerprint density at radius 3 is 2.57 bits per heavy atom. The number of halogens is 2. The molecule has 156 valence electrons. The maximum Gasteiger partial charge on any atom is 0.247 e. The third-order valence-corrected chi connectivity index (χ3v) is 5.66. The Bertz CT molecular complexity index is 1060. The van der Waals surface area contributed by atoms with E-state index >= 15 is 0 Å². The third-order valence-electron chi connectivity index (χ3n) is 5.43. The molecule has 3 aromatic rings. The first-order valence-corrected chi connectivity index (χ1v) is 10.2. The minimum absolute atomic E-state index is 0.0579. The first-order chi connectivity index (χ1) is 14.4. The van der Waals surface area contributed by atoms with E-state index < -0.39 is 0 Å². The van der Waals surface area contributed by atoms with Crippen molar-refractivity contribution >= 4 is 23.1 Å². The summed E-state index contributed by atoms with van der Waals surface area (Å²) in [6.07, 6.45) is 0. The third kappa shape index (κ3) is 4.22. The van der Waals surface area contributed by atoms with Crippen LogP contribution < -0.4 is 4.90 Å². The molecule has 0 bridgehead atoms. The fraction of sp³-hybridized carbons (Fsp3) is 0.318. The topological polar surface area (TPSA) is 62.5 Å². The highest BCUT2D eigenvalue weighted by Gasteiger charge is 2.27. The van der Waals surface area contributed by atoms with Gasteiger partial charge in [0.15, 0.2) is 5.78 Å². The predicted molar refractivity (Wildman–Crippen MR) is 113 cm³/mol. The largest absolute Gasteiger partial charge is 0.419 e. The van der Waals surface area contributed by atoms with Crippen LogP contribution in [0, 0.1) is 5.82 Å². The zero-order valence-corrected chi connectivity index (χ0v) is 17.6. The molecule has 1 unspecified atom stereocenters. The first kappa shape index (κ1) is 20.5. The number of Topliss-reactive ketones (excluding diaryl/α,β-unsaturated/α-hetero) is 1. The SMILES string of the molecule is CC(=O)c1ccc(N2CCN(C(C)c3nnc(-c4cccc(Cl)c4)o3)CC2)c(F)c1. The number of hydrogen-bond acceptors (Lipinski definition) is 6. The number of anilines is 1. The Kier molecular flexibility index (Phi) is 5.83. The molecule has 2 heterocycles. The molecule has 0 spiro atoms. The van der Waals surface area contributed by atoms with Gasteiger partial charge in [-0.1, -0.05) is 17.7 Å². The van der Waals surface area contributed by atoms with Crippen LogP contribution >= 0.6 is 11.6 Å². The van der Waals surface area contributed by atoms with Crippen LogP contribution in [0.2, 0.25) is 5.02 Å². The van der Waals surface area contributed by atoms with Gasteiger partial charge in [-0.15, -0.1) is 10.2 Å². The van der Waals surface area contributed by atoms with E-state index in [9.17, 15) is 9.18 Å². The molecule has 1 saturated heterocycles. The monoisotopic (exact) mass is 428 g/mol. The van der Waals surface area contributed by atoms with Crippen LogP contribution in [-0.4, -0.2) is 47.1 Å². The molecule has 2 aromatic carbocycles. The van der Waals surface area contributed by atoms with Crippen LogP contribution in [0.4, 0.5) is 10.1 Å². The summed E-state index contributed by atoms with van der Waals surface area (Å²) < 4.78 is 20.3. The molecule has 0 radical (unpaired) electrons. The minimum Gasteiger partial charge on any atom is -0.419 e. The van der Waals surface area contributed by atoms with E-state index in [1.165, 1.54) is 13.0 Å². The number of hydrogen-bond donors (Lipinski definition) is 0. The summed E-state index contributed by atoms with van der Waals surface area (Å²) in [5.41, 5.74) is 1.69. The molecule has 0 amide bonds. The fourth-order valence-corrected chi connectivity index (χ4v) is 3.82. The van der Waals surface area contributed by atoms with Crippen molar-refractivity contribution in [3.05, 3.63) is 64.8 Å². The Labute approximate surface area is 179 Å². The van der Waals surface area contributed by atoms with Crippen molar-refractivity contribution < 1.29 is 13.6 Å². The summed E-state index contributed by atoms with van der Waals surface area (Å²) in [6, 6.07) is 11.9. The van der Waals surface area contributed by atoms with Gasteiger partial charge in [0, 0.05) is 42.3 Å². The van der Waals surface area contributed by atoms with Crippen molar-refractivity contribution in [1.29, 1.82) is 0 Å². The van der Waals surface area contributed by atoms with Gasteiger partial charge in [-0.2, -0.15) is 0 Å². The maximum absolute atomic E-state index is 14.5. The van der Waals surface area contributed by atoms with Gasteiger partial charge in [-0.3, -0.25) is 9.69 Å². The number of rotatable bonds is 5. The molecule has 1 fully saturated rings. The summed E-state index contributed by atoms with van der Waals surface area (Å²) >= 11 is 6.04. The van der Waals surface area contributed by atoms with E-state index in [1.807, 2.05) is 24.0 Å². The normalized spacial score (nSPS) is 15.9. The van der Waals surface area contributed by atoms with Gasteiger partial charge in [-0.25, -0.2) is 4.39 Å². The van der Waals surface area contributed by atoms with Crippen LogP contribution in [0.15, 0.2) is 46.9 Å². The Morgan fingerprint density at radius 2 is 1.90 bits per heavy atom. The minimum atomic E-state index is -0.368. The van der Waals surface area contributed by atoms with Crippen LogP contribution in [-0.2, 0) is 0 Å². The van der Waals surface area contributed by atoms with Gasteiger partial charge in [0.25, 0.3) is 0 Å². The predicted octanol–water partition coefficient (Wildman–Crippen LogP) is 4.61. The number of nitrogens with zero attached hydrogens (tertiary/aromatic N) is 4. The maximum atomic E-state index is 14.5. The van der Waals surface area contributed by atoms with Gasteiger partial charge in [0.2, 0.25) is 11.8 Å². The smallest absolute Gasteiger partial charge is 0.247 e. The van der Waals surface area contributed by atoms with E-state index in [0.29, 0.717) is 41.1 Å². The van der Waals surface area contributed by atoms with E-state index in [1.54, 1.807) is 24.3 Å². The highest BCUT2D eigenvalue weighted by molar-refractivity contribution is 6.30. The second-order valence-corrected chi connectivity index (χ2v) is 7.81.